The van der Waals surface area contributed by atoms with Crippen LogP contribution in [0.2, 0.25) is 0 Å². The first kappa shape index (κ1) is 30.2. The standard InChI is InChI=1S/C33H36N2O8/c1-22-19-35(31(38)34-30(22)37)29-18-28(36)32(43-29,20-39-2)21-42-33(23-8-6-5-7-9-23,24-10-14-26(40-3)15-11-24)25-12-16-27(41-4)17-13-25/h5-17,19,28-29,36H,18,20-21H2,1-4H3,(H,34,37,38)/t28-,29+,32+/m0/s1. The van der Waals surface area contributed by atoms with Gasteiger partial charge in [0, 0.05) is 25.3 Å². The third-order valence-electron chi connectivity index (χ3n) is 7.95. The molecule has 4 aromatic rings. The van der Waals surface area contributed by atoms with Crippen LogP contribution in [0.15, 0.2) is 94.6 Å². The maximum atomic E-state index is 12.7. The summed E-state index contributed by atoms with van der Waals surface area (Å²) in [5, 5.41) is 11.5. The van der Waals surface area contributed by atoms with Crippen LogP contribution in [0.1, 0.15) is 34.9 Å². The maximum Gasteiger partial charge on any atom is 0.330 e. The number of nitrogens with one attached hydrogen (secondary N) is 1. The van der Waals surface area contributed by atoms with Gasteiger partial charge < -0.3 is 28.8 Å². The van der Waals surface area contributed by atoms with E-state index in [2.05, 4.69) is 4.98 Å². The quantitative estimate of drug-likeness (QED) is 0.255. The fourth-order valence-electron chi connectivity index (χ4n) is 5.62. The number of nitrogens with zero attached hydrogens (tertiary/aromatic N) is 1. The summed E-state index contributed by atoms with van der Waals surface area (Å²) in [4.78, 5) is 27.0. The van der Waals surface area contributed by atoms with Crippen molar-refractivity contribution in [3.8, 4) is 11.5 Å². The Morgan fingerprint density at radius 1 is 0.884 bits per heavy atom. The summed E-state index contributed by atoms with van der Waals surface area (Å²) in [7, 11) is 4.73. The molecule has 43 heavy (non-hydrogen) atoms. The molecule has 0 bridgehead atoms. The lowest BCUT2D eigenvalue weighted by Crippen LogP contribution is -2.50. The number of methoxy groups -OCH3 is 3. The molecule has 1 aliphatic rings. The van der Waals surface area contributed by atoms with Crippen molar-refractivity contribution < 1.29 is 28.8 Å². The van der Waals surface area contributed by atoms with Crippen molar-refractivity contribution in [2.45, 2.75) is 36.9 Å². The molecule has 10 nitrogen and oxygen atoms in total. The zero-order valence-corrected chi connectivity index (χ0v) is 24.6. The Morgan fingerprint density at radius 2 is 1.44 bits per heavy atom. The van der Waals surface area contributed by atoms with Gasteiger partial charge in [0.05, 0.1) is 33.5 Å². The van der Waals surface area contributed by atoms with Crippen LogP contribution in [0, 0.1) is 6.92 Å². The van der Waals surface area contributed by atoms with E-state index in [1.54, 1.807) is 21.1 Å². The summed E-state index contributed by atoms with van der Waals surface area (Å²) in [5.74, 6) is 1.38. The Kier molecular flexibility index (Phi) is 8.84. The van der Waals surface area contributed by atoms with Gasteiger partial charge in [0.15, 0.2) is 0 Å². The first-order chi connectivity index (χ1) is 20.8. The normalized spacial score (nSPS) is 20.2. The number of aromatic nitrogens is 2. The van der Waals surface area contributed by atoms with Crippen LogP contribution in [0.5, 0.6) is 11.5 Å². The minimum Gasteiger partial charge on any atom is -0.497 e. The molecule has 5 rings (SSSR count). The molecule has 1 aromatic heterocycles. The van der Waals surface area contributed by atoms with Crippen LogP contribution in [-0.2, 0) is 19.8 Å². The summed E-state index contributed by atoms with van der Waals surface area (Å²) in [6.45, 7) is 1.48. The Morgan fingerprint density at radius 3 is 1.98 bits per heavy atom. The Hall–Kier alpha value is -4.22. The maximum absolute atomic E-state index is 12.7. The smallest absolute Gasteiger partial charge is 0.330 e. The minimum absolute atomic E-state index is 0.0160. The molecule has 1 saturated heterocycles. The summed E-state index contributed by atoms with van der Waals surface area (Å²) in [6, 6.07) is 25.0. The second-order valence-corrected chi connectivity index (χ2v) is 10.6. The Labute approximate surface area is 249 Å². The van der Waals surface area contributed by atoms with Crippen LogP contribution in [0.4, 0.5) is 0 Å². The van der Waals surface area contributed by atoms with Gasteiger partial charge in [-0.2, -0.15) is 0 Å². The molecule has 0 amide bonds. The van der Waals surface area contributed by atoms with Gasteiger partial charge in [-0.15, -0.1) is 0 Å². The second-order valence-electron chi connectivity index (χ2n) is 10.6. The highest BCUT2D eigenvalue weighted by atomic mass is 16.6. The van der Waals surface area contributed by atoms with E-state index in [4.69, 9.17) is 23.7 Å². The molecule has 0 radical (unpaired) electrons. The largest absolute Gasteiger partial charge is 0.497 e. The van der Waals surface area contributed by atoms with E-state index in [0.717, 1.165) is 16.7 Å². The minimum atomic E-state index is -1.35. The fraction of sp³-hybridized carbons (Fsp3) is 0.333. The van der Waals surface area contributed by atoms with Gasteiger partial charge in [-0.3, -0.25) is 14.3 Å². The number of H-pyrrole nitrogens is 1. The first-order valence-electron chi connectivity index (χ1n) is 13.9. The Balaban J connectivity index is 1.62. The zero-order chi connectivity index (χ0) is 30.6. The van der Waals surface area contributed by atoms with Crippen LogP contribution in [0.3, 0.4) is 0 Å². The van der Waals surface area contributed by atoms with E-state index >= 15 is 0 Å². The van der Waals surface area contributed by atoms with Gasteiger partial charge in [-0.1, -0.05) is 54.6 Å². The van der Waals surface area contributed by atoms with Gasteiger partial charge in [-0.05, 0) is 47.9 Å². The van der Waals surface area contributed by atoms with E-state index in [9.17, 15) is 14.7 Å². The third-order valence-corrected chi connectivity index (χ3v) is 7.95. The number of benzene rings is 3. The molecular weight excluding hydrogens is 552 g/mol. The van der Waals surface area contributed by atoms with E-state index in [-0.39, 0.29) is 19.6 Å². The molecule has 3 atom stereocenters. The van der Waals surface area contributed by atoms with Crippen molar-refractivity contribution in [1.82, 2.24) is 9.55 Å². The van der Waals surface area contributed by atoms with Gasteiger partial charge in [0.25, 0.3) is 5.56 Å². The highest BCUT2D eigenvalue weighted by molar-refractivity contribution is 5.49. The summed E-state index contributed by atoms with van der Waals surface area (Å²) >= 11 is 0. The van der Waals surface area contributed by atoms with Crippen molar-refractivity contribution >= 4 is 0 Å². The molecule has 3 aromatic carbocycles. The number of aliphatic hydroxyl groups excluding tert-OH is 1. The van der Waals surface area contributed by atoms with Gasteiger partial charge in [0.2, 0.25) is 0 Å². The molecule has 0 saturated carbocycles. The number of hydrogen-bond acceptors (Lipinski definition) is 8. The number of aliphatic hydroxyl groups is 1. The average molecular weight is 589 g/mol. The predicted molar refractivity (Wildman–Crippen MR) is 160 cm³/mol. The summed E-state index contributed by atoms with van der Waals surface area (Å²) < 4.78 is 31.2. The van der Waals surface area contributed by atoms with Crippen molar-refractivity contribution in [3.05, 3.63) is 128 Å². The lowest BCUT2D eigenvalue weighted by atomic mass is 9.79. The number of aromatic amines is 1. The molecule has 1 fully saturated rings. The van der Waals surface area contributed by atoms with Crippen LogP contribution in [0.25, 0.3) is 0 Å². The van der Waals surface area contributed by atoms with E-state index in [0.29, 0.717) is 17.1 Å². The molecule has 0 aliphatic carbocycles. The number of ether oxygens (including phenoxy) is 5. The van der Waals surface area contributed by atoms with Crippen LogP contribution >= 0.6 is 0 Å². The van der Waals surface area contributed by atoms with Crippen molar-refractivity contribution in [3.63, 3.8) is 0 Å². The monoisotopic (exact) mass is 588 g/mol. The molecule has 2 heterocycles. The molecule has 0 spiro atoms. The van der Waals surface area contributed by atoms with Crippen LogP contribution < -0.4 is 20.7 Å². The van der Waals surface area contributed by atoms with Crippen molar-refractivity contribution in [1.29, 1.82) is 0 Å². The van der Waals surface area contributed by atoms with Gasteiger partial charge >= 0.3 is 5.69 Å². The Bertz CT molecular complexity index is 1590. The molecular formula is C33H36N2O8. The second kappa shape index (κ2) is 12.6. The molecule has 2 N–H and O–H groups in total. The lowest BCUT2D eigenvalue weighted by molar-refractivity contribution is -0.182. The molecule has 10 heteroatoms. The molecule has 0 unspecified atom stereocenters. The van der Waals surface area contributed by atoms with E-state index in [1.807, 2.05) is 78.9 Å². The number of hydrogen-bond donors (Lipinski definition) is 2. The molecule has 226 valence electrons. The fourth-order valence-corrected chi connectivity index (χ4v) is 5.62. The van der Waals surface area contributed by atoms with Crippen LogP contribution in [-0.4, -0.2) is 60.9 Å². The van der Waals surface area contributed by atoms with Gasteiger partial charge in [-0.25, -0.2) is 4.79 Å². The van der Waals surface area contributed by atoms with Gasteiger partial charge in [0.1, 0.15) is 28.9 Å². The first-order valence-corrected chi connectivity index (χ1v) is 13.9. The average Bonchev–Trinajstić information content (AvgIpc) is 3.35. The van der Waals surface area contributed by atoms with Crippen molar-refractivity contribution in [2.75, 3.05) is 34.5 Å². The zero-order valence-electron chi connectivity index (χ0n) is 24.6. The predicted octanol–water partition coefficient (Wildman–Crippen LogP) is 3.54. The topological polar surface area (TPSA) is 121 Å². The number of rotatable bonds is 11. The molecule has 1 aliphatic heterocycles. The van der Waals surface area contributed by atoms with E-state index < -0.39 is 34.8 Å². The summed E-state index contributed by atoms with van der Waals surface area (Å²) in [6.07, 6.45) is -0.394. The highest BCUT2D eigenvalue weighted by Crippen LogP contribution is 2.44. The summed E-state index contributed by atoms with van der Waals surface area (Å²) in [5.41, 5.74) is -0.790. The number of aryl methyl sites for hydroxylation is 1. The lowest BCUT2D eigenvalue weighted by Gasteiger charge is -2.40. The SMILES string of the molecule is COC[C@]1(COC(c2ccccc2)(c2ccc(OC)cc2)c2ccc(OC)cc2)O[C@@H](n2cc(C)c(=O)[nH]c2=O)C[C@@H]1O. The highest BCUT2D eigenvalue weighted by Gasteiger charge is 2.52. The third kappa shape index (κ3) is 5.74. The van der Waals surface area contributed by atoms with E-state index in [1.165, 1.54) is 17.9 Å². The van der Waals surface area contributed by atoms with Crippen molar-refractivity contribution in [2.24, 2.45) is 0 Å².